The molecule has 0 radical (unpaired) electrons. The van der Waals surface area contributed by atoms with Crippen molar-refractivity contribution in [2.45, 2.75) is 65.5 Å². The molecule has 5 rings (SSSR count). The molecule has 2 aliphatic carbocycles. The molecule has 1 aliphatic heterocycles. The minimum atomic E-state index is -4.77. The van der Waals surface area contributed by atoms with Gasteiger partial charge in [0.05, 0.1) is 26.0 Å². The molecular weight excluding hydrogens is 737 g/mol. The summed E-state index contributed by atoms with van der Waals surface area (Å²) in [7, 11) is 1.61. The summed E-state index contributed by atoms with van der Waals surface area (Å²) in [5, 5.41) is 11.7. The molecule has 246 valence electrons. The number of methoxy groups -OCH3 is 1. The SMILES string of the molecule is COCCN1C2=C(C(=O)CC(C)(C)C2)C(c2cc(Br)c(Oc3ccc(C(F)(F)F)cc3[N+](=O)[O-])c(Br)c2)C2=C1CC(C)(C)CC2=O. The van der Waals surface area contributed by atoms with E-state index in [9.17, 15) is 32.9 Å². The second kappa shape index (κ2) is 12.2. The van der Waals surface area contributed by atoms with Crippen LogP contribution in [0.2, 0.25) is 0 Å². The van der Waals surface area contributed by atoms with Crippen molar-refractivity contribution in [2.75, 3.05) is 20.3 Å². The van der Waals surface area contributed by atoms with E-state index in [0.717, 1.165) is 17.5 Å². The molecule has 0 aromatic heterocycles. The van der Waals surface area contributed by atoms with Crippen molar-refractivity contribution in [2.24, 2.45) is 10.8 Å². The molecule has 8 nitrogen and oxygen atoms in total. The van der Waals surface area contributed by atoms with Crippen molar-refractivity contribution in [1.29, 1.82) is 0 Å². The first kappa shape index (κ1) is 34.3. The maximum Gasteiger partial charge on any atom is 0.416 e. The molecule has 0 saturated carbocycles. The van der Waals surface area contributed by atoms with Gasteiger partial charge in [0.1, 0.15) is 0 Å². The topological polar surface area (TPSA) is 99.0 Å². The van der Waals surface area contributed by atoms with E-state index in [0.29, 0.717) is 76.6 Å². The highest BCUT2D eigenvalue weighted by Crippen LogP contribution is 2.55. The summed E-state index contributed by atoms with van der Waals surface area (Å²) in [6, 6.07) is 5.44. The monoisotopic (exact) mass is 768 g/mol. The Hall–Kier alpha value is -3.03. The van der Waals surface area contributed by atoms with Gasteiger partial charge < -0.3 is 14.4 Å². The first-order valence-corrected chi connectivity index (χ1v) is 16.2. The van der Waals surface area contributed by atoms with Gasteiger partial charge in [0.25, 0.3) is 0 Å². The smallest absolute Gasteiger partial charge is 0.416 e. The molecule has 0 amide bonds. The number of alkyl halides is 3. The van der Waals surface area contributed by atoms with E-state index >= 15 is 0 Å². The minimum Gasteiger partial charge on any atom is -0.448 e. The number of rotatable bonds is 7. The lowest BCUT2D eigenvalue weighted by Crippen LogP contribution is -2.45. The Balaban J connectivity index is 1.66. The number of carbonyl (C=O) groups excluding carboxylic acids is 2. The van der Waals surface area contributed by atoms with Gasteiger partial charge in [0.15, 0.2) is 17.3 Å². The predicted molar refractivity (Wildman–Crippen MR) is 171 cm³/mol. The molecule has 46 heavy (non-hydrogen) atoms. The number of Topliss-reactive ketones (excluding diaryl/α,β-unsaturated/α-hetero) is 2. The Morgan fingerprint density at radius 2 is 1.46 bits per heavy atom. The third kappa shape index (κ3) is 6.55. The number of allylic oxidation sites excluding steroid dienone is 4. The molecule has 0 unspecified atom stereocenters. The normalized spacial score (nSPS) is 19.7. The van der Waals surface area contributed by atoms with Gasteiger partial charge in [0, 0.05) is 61.0 Å². The first-order chi connectivity index (χ1) is 21.3. The summed E-state index contributed by atoms with van der Waals surface area (Å²) in [6.45, 7) is 9.10. The van der Waals surface area contributed by atoms with Crippen molar-refractivity contribution in [1.82, 2.24) is 4.90 Å². The number of ketones is 2. The number of hydrogen-bond acceptors (Lipinski definition) is 7. The van der Waals surface area contributed by atoms with E-state index in [2.05, 4.69) is 64.5 Å². The van der Waals surface area contributed by atoms with Crippen LogP contribution in [-0.2, 0) is 20.5 Å². The van der Waals surface area contributed by atoms with Crippen LogP contribution < -0.4 is 4.74 Å². The molecule has 13 heteroatoms. The van der Waals surface area contributed by atoms with Crippen molar-refractivity contribution < 1.29 is 37.2 Å². The maximum atomic E-state index is 14.0. The number of halogens is 5. The fourth-order valence-electron chi connectivity index (χ4n) is 6.71. The van der Waals surface area contributed by atoms with Gasteiger partial charge in [-0.1, -0.05) is 27.7 Å². The van der Waals surface area contributed by atoms with Gasteiger partial charge in [-0.3, -0.25) is 19.7 Å². The molecule has 3 aliphatic rings. The fourth-order valence-corrected chi connectivity index (χ4v) is 8.09. The zero-order chi connectivity index (χ0) is 33.9. The van der Waals surface area contributed by atoms with Crippen molar-refractivity contribution in [3.8, 4) is 11.5 Å². The van der Waals surface area contributed by atoms with Crippen LogP contribution in [0.4, 0.5) is 18.9 Å². The van der Waals surface area contributed by atoms with E-state index in [1.807, 2.05) is 0 Å². The molecule has 0 N–H and O–H groups in total. The van der Waals surface area contributed by atoms with E-state index in [1.165, 1.54) is 0 Å². The van der Waals surface area contributed by atoms with Gasteiger partial charge in [-0.2, -0.15) is 13.2 Å². The molecule has 0 fully saturated rings. The number of nitro groups is 1. The largest absolute Gasteiger partial charge is 0.448 e. The molecule has 0 atom stereocenters. The molecule has 2 aromatic rings. The Kier molecular flexibility index (Phi) is 9.10. The lowest BCUT2D eigenvalue weighted by atomic mass is 9.63. The number of ether oxygens (including phenoxy) is 2. The Bertz CT molecular complexity index is 1640. The highest BCUT2D eigenvalue weighted by Gasteiger charge is 2.49. The number of nitrogens with zero attached hydrogens (tertiary/aromatic N) is 2. The quantitative estimate of drug-likeness (QED) is 0.205. The van der Waals surface area contributed by atoms with Crippen molar-refractivity contribution >= 4 is 49.1 Å². The average Bonchev–Trinajstić information content (AvgIpc) is 2.91. The highest BCUT2D eigenvalue weighted by atomic mass is 79.9. The molecule has 2 aromatic carbocycles. The second-order valence-corrected chi connectivity index (χ2v) is 15.2. The molecule has 0 spiro atoms. The molecule has 0 saturated heterocycles. The number of hydrogen-bond donors (Lipinski definition) is 0. The minimum absolute atomic E-state index is 0.0456. The lowest BCUT2D eigenvalue weighted by Gasteiger charge is -2.49. The van der Waals surface area contributed by atoms with Crippen LogP contribution >= 0.6 is 31.9 Å². The highest BCUT2D eigenvalue weighted by molar-refractivity contribution is 9.11. The van der Waals surface area contributed by atoms with Gasteiger partial charge in [-0.15, -0.1) is 0 Å². The third-order valence-electron chi connectivity index (χ3n) is 8.59. The number of benzene rings is 2. The van der Waals surface area contributed by atoms with Gasteiger partial charge in [0.2, 0.25) is 5.75 Å². The first-order valence-electron chi connectivity index (χ1n) is 14.6. The Labute approximate surface area is 281 Å². The van der Waals surface area contributed by atoms with Crippen LogP contribution in [0.3, 0.4) is 0 Å². The van der Waals surface area contributed by atoms with Crippen LogP contribution in [-0.4, -0.2) is 41.7 Å². The van der Waals surface area contributed by atoms with Crippen LogP contribution in [0.25, 0.3) is 0 Å². The van der Waals surface area contributed by atoms with Gasteiger partial charge >= 0.3 is 11.9 Å². The van der Waals surface area contributed by atoms with E-state index in [4.69, 9.17) is 9.47 Å². The number of nitro benzene ring substituents is 1. The van der Waals surface area contributed by atoms with Crippen LogP contribution in [0, 0.1) is 20.9 Å². The van der Waals surface area contributed by atoms with Gasteiger partial charge in [-0.05, 0) is 85.4 Å². The number of carbonyl (C=O) groups is 2. The van der Waals surface area contributed by atoms with E-state index in [1.54, 1.807) is 19.2 Å². The van der Waals surface area contributed by atoms with E-state index in [-0.39, 0.29) is 33.9 Å². The molecule has 0 bridgehead atoms. The Morgan fingerprint density at radius 3 is 1.91 bits per heavy atom. The van der Waals surface area contributed by atoms with Gasteiger partial charge in [-0.25, -0.2) is 0 Å². The van der Waals surface area contributed by atoms with Crippen molar-refractivity contribution in [3.63, 3.8) is 0 Å². The zero-order valence-corrected chi connectivity index (χ0v) is 29.1. The zero-order valence-electron chi connectivity index (χ0n) is 25.9. The summed E-state index contributed by atoms with van der Waals surface area (Å²) in [4.78, 5) is 40.8. The second-order valence-electron chi connectivity index (χ2n) is 13.5. The predicted octanol–water partition coefficient (Wildman–Crippen LogP) is 9.26. The summed E-state index contributed by atoms with van der Waals surface area (Å²) in [5.41, 5.74) is 0.880. The van der Waals surface area contributed by atoms with Crippen LogP contribution in [0.15, 0.2) is 61.8 Å². The lowest BCUT2D eigenvalue weighted by molar-refractivity contribution is -0.385. The van der Waals surface area contributed by atoms with Crippen LogP contribution in [0.1, 0.15) is 70.4 Å². The maximum absolute atomic E-state index is 14.0. The molecule has 1 heterocycles. The Morgan fingerprint density at radius 1 is 0.935 bits per heavy atom. The van der Waals surface area contributed by atoms with Crippen LogP contribution in [0.5, 0.6) is 11.5 Å². The standard InChI is InChI=1S/C33H33Br2F3N2O6/c1-31(2)13-22-28(24(41)15-31)27(29-23(39(22)8-9-45-5)14-32(3,4)16-25(29)42)17-10-19(34)30(20(35)11-17)46-26-7-6-18(33(36,37)38)12-21(26)40(43)44/h6-7,10-12,27H,8-9,13-16H2,1-5H3. The van der Waals surface area contributed by atoms with E-state index < -0.39 is 28.3 Å². The summed E-state index contributed by atoms with van der Waals surface area (Å²) < 4.78 is 51.7. The van der Waals surface area contributed by atoms with Crippen molar-refractivity contribution in [3.05, 3.63) is 83.1 Å². The third-order valence-corrected chi connectivity index (χ3v) is 9.77. The molecular formula is C33H33Br2F3N2O6. The summed E-state index contributed by atoms with van der Waals surface area (Å²) >= 11 is 6.97. The summed E-state index contributed by atoms with van der Waals surface area (Å²) in [6.07, 6.45) is -2.90. The average molecular weight is 770 g/mol. The fraction of sp³-hybridized carbons (Fsp3) is 0.455. The summed E-state index contributed by atoms with van der Waals surface area (Å²) in [5.74, 6) is -1.06.